The van der Waals surface area contributed by atoms with E-state index in [2.05, 4.69) is 31.2 Å². The summed E-state index contributed by atoms with van der Waals surface area (Å²) in [4.78, 5) is 73.7. The van der Waals surface area contributed by atoms with Gasteiger partial charge < -0.3 is 42.8 Å². The van der Waals surface area contributed by atoms with Crippen molar-refractivity contribution < 1.29 is 29.1 Å². The van der Waals surface area contributed by atoms with Crippen LogP contribution < -0.4 is 32.7 Å². The molecule has 2 aromatic carbocycles. The van der Waals surface area contributed by atoms with Crippen LogP contribution in [-0.4, -0.2) is 86.8 Å². The van der Waals surface area contributed by atoms with E-state index >= 15 is 0 Å². The van der Waals surface area contributed by atoms with Gasteiger partial charge in [0.2, 0.25) is 29.5 Å². The number of thioether (sulfide) groups is 1. The Morgan fingerprint density at radius 3 is 1.92 bits per heavy atom. The van der Waals surface area contributed by atoms with Crippen molar-refractivity contribution >= 4 is 41.3 Å². The van der Waals surface area contributed by atoms with Crippen molar-refractivity contribution in [2.75, 3.05) is 12.0 Å². The second-order valence-corrected chi connectivity index (χ2v) is 14.1. The molecule has 270 valence electrons. The Hall–Kier alpha value is -4.89. The molecule has 0 saturated heterocycles. The van der Waals surface area contributed by atoms with E-state index < -0.39 is 65.2 Å². The Kier molecular flexibility index (Phi) is 14.8. The Morgan fingerprint density at radius 1 is 0.800 bits per heavy atom. The number of aromatic amines is 1. The van der Waals surface area contributed by atoms with E-state index in [1.54, 1.807) is 57.2 Å². The summed E-state index contributed by atoms with van der Waals surface area (Å²) in [6.45, 7) is 5.26. The number of rotatable bonds is 18. The summed E-state index contributed by atoms with van der Waals surface area (Å²) in [6.07, 6.45) is 5.33. The van der Waals surface area contributed by atoms with Crippen molar-refractivity contribution in [2.24, 2.45) is 16.9 Å². The van der Waals surface area contributed by atoms with E-state index in [1.807, 2.05) is 12.3 Å². The van der Waals surface area contributed by atoms with Gasteiger partial charge in [-0.05, 0) is 53.5 Å². The summed E-state index contributed by atoms with van der Waals surface area (Å²) in [7, 11) is 0. The third kappa shape index (κ3) is 12.5. The third-order valence-electron chi connectivity index (χ3n) is 7.94. The molecule has 15 heteroatoms. The average Bonchev–Trinajstić information content (AvgIpc) is 3.58. The fraction of sp³-hybridized carbons (Fsp3) is 0.429. The molecule has 0 aliphatic rings. The second kappa shape index (κ2) is 18.8. The Labute approximate surface area is 296 Å². The SMILES string of the molecule is CSCC[C@@H](NC(=O)[C@@H](N)Cc1ccc(O)cc1)C(=O)N[C@@H](Cc1ccccc1)C(=O)N[C@@H](Cc1cnc[nH]1)C(=O)N[C@H](C(N)=O)C(C)(C)C. The van der Waals surface area contributed by atoms with Gasteiger partial charge >= 0.3 is 0 Å². The van der Waals surface area contributed by atoms with Gasteiger partial charge in [-0.2, -0.15) is 11.8 Å². The van der Waals surface area contributed by atoms with Crippen LogP contribution in [0.4, 0.5) is 0 Å². The first-order chi connectivity index (χ1) is 23.7. The number of phenols is 1. The predicted molar refractivity (Wildman–Crippen MR) is 192 cm³/mol. The van der Waals surface area contributed by atoms with Crippen LogP contribution in [-0.2, 0) is 43.2 Å². The van der Waals surface area contributed by atoms with Crippen molar-refractivity contribution in [1.82, 2.24) is 31.2 Å². The van der Waals surface area contributed by atoms with E-state index in [4.69, 9.17) is 11.5 Å². The maximum absolute atomic E-state index is 14.0. The van der Waals surface area contributed by atoms with Crippen LogP contribution in [0.2, 0.25) is 0 Å². The van der Waals surface area contributed by atoms with Gasteiger partial charge in [0.15, 0.2) is 0 Å². The molecule has 0 fully saturated rings. The molecule has 0 radical (unpaired) electrons. The van der Waals surface area contributed by atoms with Crippen LogP contribution in [0, 0.1) is 5.41 Å². The number of hydrogen-bond acceptors (Lipinski definition) is 9. The normalized spacial score (nSPS) is 14.3. The number of amides is 5. The molecule has 0 bridgehead atoms. The minimum Gasteiger partial charge on any atom is -0.508 e. The standard InChI is InChI=1S/C35H48N8O6S/c1-35(2,3)29(30(37)45)43-34(49)28(18-23-19-38-20-39-23)42-33(48)27(17-21-8-6-5-7-9-21)41-32(47)26(14-15-50-4)40-31(46)25(36)16-22-10-12-24(44)13-11-22/h5-13,19-20,25-29,44H,14-18,36H2,1-4H3,(H2,37,45)(H,38,39)(H,40,46)(H,41,47)(H,42,48)(H,43,49)/t25-,26+,27-,28-,29+/m0/s1. The molecule has 1 aromatic heterocycles. The summed E-state index contributed by atoms with van der Waals surface area (Å²) in [5, 5.41) is 20.5. The van der Waals surface area contributed by atoms with E-state index in [9.17, 15) is 29.1 Å². The largest absolute Gasteiger partial charge is 0.508 e. The fourth-order valence-corrected chi connectivity index (χ4v) is 5.62. The molecule has 14 nitrogen and oxygen atoms in total. The number of carbonyl (C=O) groups is 5. The number of nitrogens with zero attached hydrogens (tertiary/aromatic N) is 1. The van der Waals surface area contributed by atoms with Crippen LogP contribution in [0.1, 0.15) is 44.0 Å². The number of carbonyl (C=O) groups excluding carboxylic acids is 5. The number of nitrogens with one attached hydrogen (secondary N) is 5. The lowest BCUT2D eigenvalue weighted by Gasteiger charge is -2.31. The van der Waals surface area contributed by atoms with Gasteiger partial charge in [0.25, 0.3) is 0 Å². The van der Waals surface area contributed by atoms with Crippen molar-refractivity contribution in [1.29, 1.82) is 0 Å². The average molecular weight is 709 g/mol. The van der Waals surface area contributed by atoms with Gasteiger partial charge in [-0.25, -0.2) is 4.98 Å². The van der Waals surface area contributed by atoms with Crippen LogP contribution in [0.3, 0.4) is 0 Å². The monoisotopic (exact) mass is 708 g/mol. The lowest BCUT2D eigenvalue weighted by Crippen LogP contribution is -2.60. The number of phenolic OH excluding ortho intramolecular Hbond substituents is 1. The summed E-state index contributed by atoms with van der Waals surface area (Å²) >= 11 is 1.49. The first-order valence-corrected chi connectivity index (χ1v) is 17.6. The van der Waals surface area contributed by atoms with Gasteiger partial charge in [-0.3, -0.25) is 24.0 Å². The zero-order valence-electron chi connectivity index (χ0n) is 28.8. The molecule has 3 rings (SSSR count). The number of imidazole rings is 1. The Morgan fingerprint density at radius 2 is 1.36 bits per heavy atom. The molecule has 5 amide bonds. The fourth-order valence-electron chi connectivity index (χ4n) is 5.15. The van der Waals surface area contributed by atoms with Crippen LogP contribution in [0.25, 0.3) is 0 Å². The maximum atomic E-state index is 14.0. The second-order valence-electron chi connectivity index (χ2n) is 13.1. The highest BCUT2D eigenvalue weighted by atomic mass is 32.2. The molecule has 0 unspecified atom stereocenters. The van der Waals surface area contributed by atoms with Crippen molar-refractivity contribution in [3.05, 3.63) is 83.9 Å². The van der Waals surface area contributed by atoms with Gasteiger partial charge in [-0.15, -0.1) is 0 Å². The molecule has 0 aliphatic heterocycles. The van der Waals surface area contributed by atoms with Crippen molar-refractivity contribution in [3.8, 4) is 5.75 Å². The number of H-pyrrole nitrogens is 1. The van der Waals surface area contributed by atoms with Crippen LogP contribution >= 0.6 is 11.8 Å². The number of hydrogen-bond donors (Lipinski definition) is 8. The van der Waals surface area contributed by atoms with Crippen LogP contribution in [0.5, 0.6) is 5.75 Å². The number of aromatic hydroxyl groups is 1. The molecular formula is C35H48N8O6S. The number of aromatic nitrogens is 2. The van der Waals surface area contributed by atoms with Gasteiger partial charge in [0.05, 0.1) is 12.4 Å². The first kappa shape index (κ1) is 39.5. The van der Waals surface area contributed by atoms with Crippen LogP contribution in [0.15, 0.2) is 67.1 Å². The third-order valence-corrected chi connectivity index (χ3v) is 8.58. The summed E-state index contributed by atoms with van der Waals surface area (Å²) in [5.41, 5.74) is 13.1. The summed E-state index contributed by atoms with van der Waals surface area (Å²) in [6, 6.07) is 9.98. The minimum atomic E-state index is -1.17. The molecule has 1 heterocycles. The van der Waals surface area contributed by atoms with E-state index in [0.717, 1.165) is 11.1 Å². The van der Waals surface area contributed by atoms with Gasteiger partial charge in [0, 0.05) is 24.7 Å². The molecule has 0 spiro atoms. The molecule has 0 saturated carbocycles. The lowest BCUT2D eigenvalue weighted by atomic mass is 9.86. The number of benzene rings is 2. The van der Waals surface area contributed by atoms with E-state index in [-0.39, 0.29) is 31.4 Å². The first-order valence-electron chi connectivity index (χ1n) is 16.2. The molecule has 0 aliphatic carbocycles. The molecule has 50 heavy (non-hydrogen) atoms. The Bertz CT molecular complexity index is 1560. The summed E-state index contributed by atoms with van der Waals surface area (Å²) < 4.78 is 0. The maximum Gasteiger partial charge on any atom is 0.243 e. The number of primary amides is 1. The van der Waals surface area contributed by atoms with Crippen molar-refractivity contribution in [3.63, 3.8) is 0 Å². The highest BCUT2D eigenvalue weighted by molar-refractivity contribution is 7.98. The minimum absolute atomic E-state index is 0.00449. The van der Waals surface area contributed by atoms with E-state index in [0.29, 0.717) is 11.4 Å². The van der Waals surface area contributed by atoms with Crippen molar-refractivity contribution in [2.45, 2.75) is 76.7 Å². The molecule has 5 atom stereocenters. The van der Waals surface area contributed by atoms with E-state index in [1.165, 1.54) is 36.4 Å². The highest BCUT2D eigenvalue weighted by Gasteiger charge is 2.35. The molecule has 10 N–H and O–H groups in total. The quantitative estimate of drug-likeness (QED) is 0.0927. The lowest BCUT2D eigenvalue weighted by molar-refractivity contribution is -0.135. The topological polar surface area (TPSA) is 234 Å². The molecular weight excluding hydrogens is 661 g/mol. The smallest absolute Gasteiger partial charge is 0.243 e. The predicted octanol–water partition coefficient (Wildman–Crippen LogP) is 0.694. The summed E-state index contributed by atoms with van der Waals surface area (Å²) in [5.74, 6) is -2.58. The number of nitrogens with two attached hydrogens (primary N) is 2. The zero-order valence-corrected chi connectivity index (χ0v) is 29.6. The van der Waals surface area contributed by atoms with Gasteiger partial charge in [-0.1, -0.05) is 63.2 Å². The zero-order chi connectivity index (χ0) is 36.8. The highest BCUT2D eigenvalue weighted by Crippen LogP contribution is 2.19. The molecule has 3 aromatic rings. The van der Waals surface area contributed by atoms with Gasteiger partial charge in [0.1, 0.15) is 29.9 Å². The Balaban J connectivity index is 1.84.